The van der Waals surface area contributed by atoms with Crippen molar-refractivity contribution in [3.05, 3.63) is 76.4 Å². The molecule has 90 valence electrons. The Hall–Kier alpha value is -2.86. The Balaban J connectivity index is 2.28. The van der Waals surface area contributed by atoms with E-state index in [1.54, 1.807) is 18.3 Å². The number of H-pyrrole nitrogens is 1. The molecule has 0 spiro atoms. The number of hydrogen-bond donors (Lipinski definition) is 1. The highest BCUT2D eigenvalue weighted by Gasteiger charge is 2.05. The third-order valence-electron chi connectivity index (χ3n) is 3.10. The summed E-state index contributed by atoms with van der Waals surface area (Å²) in [7, 11) is 0. The first-order valence-corrected chi connectivity index (χ1v) is 5.88. The van der Waals surface area contributed by atoms with Crippen LogP contribution >= 0.6 is 0 Å². The molecule has 0 fully saturated rings. The SMILES string of the molecule is [C-]#[N+]c1ccc(-c2cccc3c(=O)cc[nH]c23)cc1. The second kappa shape index (κ2) is 4.43. The number of benzene rings is 2. The maximum absolute atomic E-state index is 11.8. The van der Waals surface area contributed by atoms with Gasteiger partial charge in [0.25, 0.3) is 0 Å². The van der Waals surface area contributed by atoms with E-state index < -0.39 is 0 Å². The minimum Gasteiger partial charge on any atom is -0.360 e. The molecule has 0 aliphatic carbocycles. The van der Waals surface area contributed by atoms with Gasteiger partial charge < -0.3 is 4.98 Å². The molecule has 3 nitrogen and oxygen atoms in total. The van der Waals surface area contributed by atoms with Gasteiger partial charge in [-0.1, -0.05) is 36.4 Å². The summed E-state index contributed by atoms with van der Waals surface area (Å²) in [4.78, 5) is 18.3. The van der Waals surface area contributed by atoms with Crippen molar-refractivity contribution in [3.8, 4) is 11.1 Å². The fourth-order valence-electron chi connectivity index (χ4n) is 2.16. The molecule has 0 aliphatic rings. The molecule has 0 amide bonds. The van der Waals surface area contributed by atoms with Crippen LogP contribution in [0.1, 0.15) is 0 Å². The molecule has 3 heteroatoms. The minimum atomic E-state index is 0.00776. The van der Waals surface area contributed by atoms with E-state index in [1.807, 2.05) is 30.3 Å². The zero-order valence-corrected chi connectivity index (χ0v) is 10.1. The minimum absolute atomic E-state index is 0.00776. The van der Waals surface area contributed by atoms with Gasteiger partial charge in [-0.25, -0.2) is 4.85 Å². The number of hydrogen-bond acceptors (Lipinski definition) is 1. The fraction of sp³-hybridized carbons (Fsp3) is 0. The number of nitrogens with one attached hydrogen (secondary N) is 1. The largest absolute Gasteiger partial charge is 0.360 e. The summed E-state index contributed by atoms with van der Waals surface area (Å²) in [5, 5.41) is 0.675. The van der Waals surface area contributed by atoms with Crippen LogP contribution in [0.3, 0.4) is 0 Å². The molecule has 0 unspecified atom stereocenters. The van der Waals surface area contributed by atoms with Crippen LogP contribution in [0.25, 0.3) is 26.9 Å². The lowest BCUT2D eigenvalue weighted by atomic mass is 10.0. The molecular formula is C16H10N2O. The Morgan fingerprint density at radius 3 is 2.53 bits per heavy atom. The van der Waals surface area contributed by atoms with E-state index in [2.05, 4.69) is 9.83 Å². The normalized spacial score (nSPS) is 10.3. The van der Waals surface area contributed by atoms with Crippen molar-refractivity contribution < 1.29 is 0 Å². The smallest absolute Gasteiger partial charge is 0.189 e. The molecule has 0 saturated carbocycles. The van der Waals surface area contributed by atoms with Crippen molar-refractivity contribution in [1.82, 2.24) is 4.98 Å². The molecule has 0 atom stereocenters. The van der Waals surface area contributed by atoms with Gasteiger partial charge in [-0.2, -0.15) is 0 Å². The summed E-state index contributed by atoms with van der Waals surface area (Å²) in [6.45, 7) is 6.96. The first kappa shape index (κ1) is 11.2. The van der Waals surface area contributed by atoms with Crippen LogP contribution in [-0.4, -0.2) is 4.98 Å². The molecule has 0 saturated heterocycles. The summed E-state index contributed by atoms with van der Waals surface area (Å²) < 4.78 is 0. The molecule has 1 N–H and O–H groups in total. The maximum atomic E-state index is 11.8. The lowest BCUT2D eigenvalue weighted by Crippen LogP contribution is -2.00. The van der Waals surface area contributed by atoms with E-state index in [4.69, 9.17) is 6.57 Å². The highest BCUT2D eigenvalue weighted by Crippen LogP contribution is 2.27. The van der Waals surface area contributed by atoms with Gasteiger partial charge in [-0.15, -0.1) is 0 Å². The van der Waals surface area contributed by atoms with Crippen LogP contribution in [0.5, 0.6) is 0 Å². The number of fused-ring (bicyclic) bond motifs is 1. The average molecular weight is 246 g/mol. The summed E-state index contributed by atoms with van der Waals surface area (Å²) >= 11 is 0. The number of nitrogens with zero attached hydrogens (tertiary/aromatic N) is 1. The number of aromatic nitrogens is 1. The van der Waals surface area contributed by atoms with Crippen LogP contribution in [0, 0.1) is 6.57 Å². The molecule has 0 bridgehead atoms. The maximum Gasteiger partial charge on any atom is 0.189 e. The van der Waals surface area contributed by atoms with E-state index in [-0.39, 0.29) is 5.43 Å². The van der Waals surface area contributed by atoms with Crippen LogP contribution < -0.4 is 5.43 Å². The molecule has 1 heterocycles. The Kier molecular flexibility index (Phi) is 2.62. The van der Waals surface area contributed by atoms with Crippen molar-refractivity contribution in [2.75, 3.05) is 0 Å². The number of aromatic amines is 1. The quantitative estimate of drug-likeness (QED) is 0.652. The second-order valence-electron chi connectivity index (χ2n) is 4.23. The van der Waals surface area contributed by atoms with Crippen molar-refractivity contribution in [2.45, 2.75) is 0 Å². The molecule has 0 radical (unpaired) electrons. The van der Waals surface area contributed by atoms with Crippen molar-refractivity contribution >= 4 is 16.6 Å². The molecular weight excluding hydrogens is 236 g/mol. The van der Waals surface area contributed by atoms with Gasteiger partial charge in [-0.05, 0) is 11.6 Å². The van der Waals surface area contributed by atoms with Crippen molar-refractivity contribution in [3.63, 3.8) is 0 Å². The van der Waals surface area contributed by atoms with Crippen LogP contribution in [-0.2, 0) is 0 Å². The Bertz CT molecular complexity index is 839. The van der Waals surface area contributed by atoms with E-state index in [1.165, 1.54) is 6.07 Å². The summed E-state index contributed by atoms with van der Waals surface area (Å²) in [5.74, 6) is 0. The first-order chi connectivity index (χ1) is 9.29. The summed E-state index contributed by atoms with van der Waals surface area (Å²) in [5.41, 5.74) is 3.39. The predicted molar refractivity (Wildman–Crippen MR) is 76.3 cm³/mol. The highest BCUT2D eigenvalue weighted by molar-refractivity contribution is 5.93. The van der Waals surface area contributed by atoms with Crippen molar-refractivity contribution in [2.24, 2.45) is 0 Å². The van der Waals surface area contributed by atoms with Gasteiger partial charge >= 0.3 is 0 Å². The van der Waals surface area contributed by atoms with Crippen LogP contribution in [0.2, 0.25) is 0 Å². The number of para-hydroxylation sites is 1. The second-order valence-corrected chi connectivity index (χ2v) is 4.23. The summed E-state index contributed by atoms with van der Waals surface area (Å²) in [6, 6.07) is 14.5. The average Bonchev–Trinajstić information content (AvgIpc) is 2.47. The molecule has 3 aromatic rings. The van der Waals surface area contributed by atoms with E-state index in [9.17, 15) is 4.79 Å². The molecule has 3 rings (SSSR count). The zero-order chi connectivity index (χ0) is 13.2. The third-order valence-corrected chi connectivity index (χ3v) is 3.10. The lowest BCUT2D eigenvalue weighted by Gasteiger charge is -2.06. The van der Waals surface area contributed by atoms with Crippen LogP contribution in [0.15, 0.2) is 59.5 Å². The molecule has 0 aliphatic heterocycles. The number of pyridine rings is 1. The monoisotopic (exact) mass is 246 g/mol. The summed E-state index contributed by atoms with van der Waals surface area (Å²) in [6.07, 6.45) is 1.65. The van der Waals surface area contributed by atoms with Gasteiger partial charge in [0, 0.05) is 23.2 Å². The third kappa shape index (κ3) is 1.90. The van der Waals surface area contributed by atoms with E-state index >= 15 is 0 Å². The Morgan fingerprint density at radius 1 is 1.00 bits per heavy atom. The first-order valence-electron chi connectivity index (χ1n) is 5.88. The van der Waals surface area contributed by atoms with E-state index in [0.717, 1.165) is 16.6 Å². The van der Waals surface area contributed by atoms with Gasteiger partial charge in [-0.3, -0.25) is 4.79 Å². The van der Waals surface area contributed by atoms with Gasteiger partial charge in [0.05, 0.1) is 12.1 Å². The zero-order valence-electron chi connectivity index (χ0n) is 10.1. The Morgan fingerprint density at radius 2 is 1.79 bits per heavy atom. The van der Waals surface area contributed by atoms with Crippen molar-refractivity contribution in [1.29, 1.82) is 0 Å². The predicted octanol–water partition coefficient (Wildman–Crippen LogP) is 3.75. The molecule has 19 heavy (non-hydrogen) atoms. The Labute approximate surface area is 110 Å². The lowest BCUT2D eigenvalue weighted by molar-refractivity contribution is 1.39. The fourth-order valence-corrected chi connectivity index (χ4v) is 2.16. The topological polar surface area (TPSA) is 37.2 Å². The number of rotatable bonds is 1. The highest BCUT2D eigenvalue weighted by atomic mass is 16.1. The van der Waals surface area contributed by atoms with Gasteiger partial charge in [0.1, 0.15) is 0 Å². The standard InChI is InChI=1S/C16H10N2O/c1-17-12-7-5-11(6-8-12)13-3-2-4-14-15(19)9-10-18-16(13)14/h2-10H,(H,18,19). The van der Waals surface area contributed by atoms with E-state index in [0.29, 0.717) is 11.1 Å². The molecule has 1 aromatic heterocycles. The van der Waals surface area contributed by atoms with Crippen LogP contribution in [0.4, 0.5) is 5.69 Å². The van der Waals surface area contributed by atoms with Gasteiger partial charge in [0.15, 0.2) is 11.1 Å². The molecule has 2 aromatic carbocycles. The van der Waals surface area contributed by atoms with Gasteiger partial charge in [0.2, 0.25) is 0 Å².